The third-order valence-electron chi connectivity index (χ3n) is 4.56. The summed E-state index contributed by atoms with van der Waals surface area (Å²) in [5, 5.41) is 8.73. The van der Waals surface area contributed by atoms with Crippen LogP contribution in [0.4, 0.5) is 0 Å². The van der Waals surface area contributed by atoms with Gasteiger partial charge in [-0.15, -0.1) is 25.7 Å². The van der Waals surface area contributed by atoms with Gasteiger partial charge in [-0.05, 0) is 0 Å². The van der Waals surface area contributed by atoms with E-state index in [1.54, 1.807) is 0 Å². The topological polar surface area (TPSA) is 52.9 Å². The van der Waals surface area contributed by atoms with Crippen LogP contribution in [0.2, 0.25) is 0 Å². The smallest absolute Gasteiger partial charge is 0.0644 e. The second-order valence-electron chi connectivity index (χ2n) is 10.1. The van der Waals surface area contributed by atoms with Gasteiger partial charge in [-0.1, -0.05) is 73.1 Å². The first-order valence-electron chi connectivity index (χ1n) is 12.2. The predicted octanol–water partition coefficient (Wildman–Crippen LogP) is 9.05. The molecule has 30 heavy (non-hydrogen) atoms. The molecule has 0 fully saturated rings. The summed E-state index contributed by atoms with van der Waals surface area (Å²) in [6.07, 6.45) is 4.58. The van der Waals surface area contributed by atoms with E-state index in [1.165, 1.54) is 12.8 Å². The van der Waals surface area contributed by atoms with E-state index in [0.717, 1.165) is 44.3 Å². The Bertz CT molecular complexity index is 405. The fourth-order valence-electron chi connectivity index (χ4n) is 1.40. The van der Waals surface area contributed by atoms with E-state index in [9.17, 15) is 0 Å². The predicted molar refractivity (Wildman–Crippen MR) is 135 cm³/mol. The van der Waals surface area contributed by atoms with Crippen molar-refractivity contribution in [1.29, 1.82) is 0 Å². The Morgan fingerprint density at radius 1 is 0.733 bits per heavy atom. The van der Waals surface area contributed by atoms with Gasteiger partial charge in [0.25, 0.3) is 0 Å². The summed E-state index contributed by atoms with van der Waals surface area (Å²) < 4.78 is 9.34. The fraction of sp³-hybridized carbons (Fsp3) is 1.00. The molecule has 0 aromatic rings. The molecule has 0 aromatic heterocycles. The molecule has 4 nitrogen and oxygen atoms in total. The Labute approximate surface area is 199 Å². The molecular formula is C25H56MoN4. The van der Waals surface area contributed by atoms with Gasteiger partial charge in [-0.25, -0.2) is 0 Å². The van der Waals surface area contributed by atoms with Crippen molar-refractivity contribution >= 4 is 0 Å². The minimum Gasteiger partial charge on any atom is -0.662 e. The van der Waals surface area contributed by atoms with E-state index >= 15 is 0 Å². The molecule has 1 atom stereocenters. The largest absolute Gasteiger partial charge is 0.662 e. The maximum absolute atomic E-state index is 4.67. The Morgan fingerprint density at radius 2 is 1.17 bits per heavy atom. The van der Waals surface area contributed by atoms with Crippen molar-refractivity contribution in [2.24, 2.45) is 18.8 Å². The van der Waals surface area contributed by atoms with Gasteiger partial charge in [0.2, 0.25) is 0 Å². The van der Waals surface area contributed by atoms with Crippen LogP contribution in [0.1, 0.15) is 116 Å². The van der Waals surface area contributed by atoms with E-state index in [4.69, 9.17) is 0 Å². The van der Waals surface area contributed by atoms with E-state index in [-0.39, 0.29) is 11.1 Å². The Hall–Kier alpha value is 0.208. The summed E-state index contributed by atoms with van der Waals surface area (Å²) in [6.45, 7) is 31.5. The van der Waals surface area contributed by atoms with Crippen molar-refractivity contribution in [2.75, 3.05) is 19.6 Å². The van der Waals surface area contributed by atoms with Gasteiger partial charge in [-0.3, -0.25) is 0 Å². The molecule has 0 saturated heterocycles. The van der Waals surface area contributed by atoms with Gasteiger partial charge in [0, 0.05) is 0 Å². The summed E-state index contributed by atoms with van der Waals surface area (Å²) in [7, 11) is 0. The Balaban J connectivity index is -0.000000379. The van der Waals surface area contributed by atoms with Crippen molar-refractivity contribution in [1.82, 2.24) is 0 Å². The molecule has 0 saturated carbocycles. The standard InChI is InChI=1S/C8H18N.C7H16N.2C5H11N.Mo/c1-5-8(4)9-6-7(2)3;1-4-5-8-6-7(2)3;2*1-4-5(2,3)6;/h7-8H,5-6H2,1-4H3;7H,4-6H2,1-3H3;2*4H2,1-3H3;/q2*-1;;;+2. The zero-order chi connectivity index (χ0) is 24.2. The summed E-state index contributed by atoms with van der Waals surface area (Å²) in [6, 6.07) is 0.562. The SMILES string of the molecule is CCC(C)(C)[N]=[Mo+2]=[N]C(C)(C)CC.CCC(C)[N-]CC(C)C.CCC[N-]CC(C)C. The van der Waals surface area contributed by atoms with Crippen LogP contribution in [-0.4, -0.2) is 36.8 Å². The van der Waals surface area contributed by atoms with Crippen molar-refractivity contribution in [3.05, 3.63) is 10.6 Å². The normalized spacial score (nSPS) is 12.4. The number of rotatable bonds is 12. The van der Waals surface area contributed by atoms with E-state index in [1.807, 2.05) is 0 Å². The monoisotopic (exact) mass is 510 g/mol. The average Bonchev–Trinajstić information content (AvgIpc) is 2.66. The van der Waals surface area contributed by atoms with Gasteiger partial charge in [-0.2, -0.15) is 0 Å². The van der Waals surface area contributed by atoms with Crippen LogP contribution in [0.5, 0.6) is 0 Å². The van der Waals surface area contributed by atoms with Crippen LogP contribution in [0.3, 0.4) is 0 Å². The molecule has 1 unspecified atom stereocenters. The summed E-state index contributed by atoms with van der Waals surface area (Å²) in [5.74, 6) is 1.46. The molecule has 182 valence electrons. The molecule has 0 amide bonds. The first-order chi connectivity index (χ1) is 13.8. The van der Waals surface area contributed by atoms with Gasteiger partial charge in [0.1, 0.15) is 0 Å². The van der Waals surface area contributed by atoms with Crippen LogP contribution in [0.15, 0.2) is 6.99 Å². The van der Waals surface area contributed by atoms with Crippen LogP contribution in [0.25, 0.3) is 10.6 Å². The maximum atomic E-state index is 4.67. The first kappa shape index (κ1) is 34.8. The summed E-state index contributed by atoms with van der Waals surface area (Å²) in [5.41, 5.74) is 0.297. The van der Waals surface area contributed by atoms with E-state index < -0.39 is 18.2 Å². The molecular weight excluding hydrogens is 452 g/mol. The van der Waals surface area contributed by atoms with Crippen molar-refractivity contribution in [2.45, 2.75) is 133 Å². The molecule has 0 aliphatic rings. The molecule has 0 N–H and O–H groups in total. The minimum atomic E-state index is -0.492. The molecule has 5 heteroatoms. The van der Waals surface area contributed by atoms with E-state index in [0.29, 0.717) is 6.04 Å². The van der Waals surface area contributed by atoms with Gasteiger partial charge >= 0.3 is 90.7 Å². The van der Waals surface area contributed by atoms with Crippen LogP contribution < -0.4 is 0 Å². The second kappa shape index (κ2) is 21.1. The first-order valence-corrected chi connectivity index (χ1v) is 14.0. The van der Waals surface area contributed by atoms with Gasteiger partial charge in [0.05, 0.1) is 0 Å². The van der Waals surface area contributed by atoms with Crippen LogP contribution in [0, 0.1) is 11.8 Å². The Kier molecular flexibility index (Phi) is 24.5. The molecule has 0 heterocycles. The fourth-order valence-corrected chi connectivity index (χ4v) is 3.22. The number of nitrogens with zero attached hydrogens (tertiary/aromatic N) is 4. The zero-order valence-corrected chi connectivity index (χ0v) is 24.9. The third kappa shape index (κ3) is 30.4. The van der Waals surface area contributed by atoms with E-state index in [2.05, 4.69) is 108 Å². The zero-order valence-electron chi connectivity index (χ0n) is 22.9. The minimum absolute atomic E-state index is 0.148. The quantitative estimate of drug-likeness (QED) is 0.186. The molecule has 0 aromatic carbocycles. The van der Waals surface area contributed by atoms with Crippen molar-refractivity contribution in [3.8, 4) is 0 Å². The van der Waals surface area contributed by atoms with Crippen LogP contribution >= 0.6 is 0 Å². The molecule has 0 bridgehead atoms. The average molecular weight is 509 g/mol. The maximum Gasteiger partial charge on any atom is -0.0644 e. The number of hydrogen-bond acceptors (Lipinski definition) is 2. The van der Waals surface area contributed by atoms with Crippen LogP contribution in [-0.2, 0) is 18.2 Å². The second-order valence-corrected chi connectivity index (χ2v) is 11.4. The van der Waals surface area contributed by atoms with Gasteiger partial charge < -0.3 is 10.6 Å². The van der Waals surface area contributed by atoms with Crippen molar-refractivity contribution < 1.29 is 18.2 Å². The summed E-state index contributed by atoms with van der Waals surface area (Å²) >= 11 is -0.492. The third-order valence-corrected chi connectivity index (χ3v) is 7.39. The molecule has 0 radical (unpaired) electrons. The molecule has 0 rings (SSSR count). The molecule has 0 spiro atoms. The number of hydrogen-bond donors (Lipinski definition) is 0. The molecule has 0 aliphatic carbocycles. The summed E-state index contributed by atoms with van der Waals surface area (Å²) in [4.78, 5) is 0. The van der Waals surface area contributed by atoms with Gasteiger partial charge in [0.15, 0.2) is 0 Å². The molecule has 0 aliphatic heterocycles. The van der Waals surface area contributed by atoms with Crippen molar-refractivity contribution in [3.63, 3.8) is 0 Å². The Morgan fingerprint density at radius 3 is 1.47 bits per heavy atom.